The second-order valence-corrected chi connectivity index (χ2v) is 25.9. The Morgan fingerprint density at radius 2 is 1.14 bits per heavy atom. The second kappa shape index (κ2) is 20.4. The van der Waals surface area contributed by atoms with Crippen molar-refractivity contribution in [2.45, 2.75) is 46.3 Å². The Morgan fingerprint density at radius 3 is 1.67 bits per heavy atom. The van der Waals surface area contributed by atoms with E-state index in [1.807, 2.05) is 148 Å². The van der Waals surface area contributed by atoms with Crippen LogP contribution in [-0.4, -0.2) is 86.4 Å². The van der Waals surface area contributed by atoms with Crippen LogP contribution in [0.3, 0.4) is 0 Å². The van der Waals surface area contributed by atoms with Crippen LogP contribution in [0.2, 0.25) is 25.7 Å². The van der Waals surface area contributed by atoms with E-state index < -0.39 is 8.07 Å². The number of hydrogen-bond donors (Lipinski definition) is 3. The van der Waals surface area contributed by atoms with Crippen LogP contribution in [0, 0.1) is 22.7 Å². The molecule has 0 radical (unpaired) electrons. The predicted octanol–water partition coefficient (Wildman–Crippen LogP) is 10.0. The van der Waals surface area contributed by atoms with Gasteiger partial charge in [-0.1, -0.05) is 31.8 Å². The molecule has 0 unspecified atom stereocenters. The fraction of sp³-hybridized carbons (Fsp3) is 0.207. The van der Waals surface area contributed by atoms with E-state index in [2.05, 4.69) is 62.7 Å². The molecule has 19 nitrogen and oxygen atoms in total. The lowest BCUT2D eigenvalue weighted by molar-refractivity contribution is 0.0902. The number of H-pyrrole nitrogens is 1. The number of aromatic amines is 1. The summed E-state index contributed by atoms with van der Waals surface area (Å²) in [6.45, 7) is 13.4. The zero-order valence-corrected chi connectivity index (χ0v) is 45.1. The Hall–Kier alpha value is -9.76. The lowest BCUT2D eigenvalue weighted by Gasteiger charge is -2.16. The Kier molecular flexibility index (Phi) is 13.2. The maximum absolute atomic E-state index is 14.3. The maximum Gasteiger partial charge on any atom is 0.281 e. The molecule has 0 spiro atoms. The molecule has 0 fully saturated rings. The molecule has 12 rings (SSSR count). The molecule has 0 saturated heterocycles. The highest BCUT2D eigenvalue weighted by Crippen LogP contribution is 2.33. The molecule has 8 heterocycles. The zero-order chi connectivity index (χ0) is 54.4. The van der Waals surface area contributed by atoms with E-state index >= 15 is 0 Å². The summed E-state index contributed by atoms with van der Waals surface area (Å²) in [6, 6.07) is 35.6. The van der Waals surface area contributed by atoms with Gasteiger partial charge in [-0.3, -0.25) is 19.0 Å². The third-order valence-corrected chi connectivity index (χ3v) is 15.2. The topological polar surface area (TPSA) is 233 Å². The number of fused-ring (bicyclic) bond motifs is 6. The molecule has 388 valence electrons. The molecular formula is C58H54N16O3Si. The molecule has 0 saturated carbocycles. The molecular weight excluding hydrogens is 997 g/mol. The Morgan fingerprint density at radius 1 is 0.615 bits per heavy atom. The minimum absolute atomic E-state index is 0.296. The summed E-state index contributed by atoms with van der Waals surface area (Å²) < 4.78 is 14.3. The van der Waals surface area contributed by atoms with E-state index in [0.29, 0.717) is 105 Å². The summed E-state index contributed by atoms with van der Waals surface area (Å²) in [5, 5.41) is 47.5. The van der Waals surface area contributed by atoms with E-state index in [1.165, 1.54) is 9.36 Å². The summed E-state index contributed by atoms with van der Waals surface area (Å²) in [6.07, 6.45) is 7.30. The van der Waals surface area contributed by atoms with Gasteiger partial charge >= 0.3 is 0 Å². The van der Waals surface area contributed by atoms with Gasteiger partial charge in [0, 0.05) is 93.7 Å². The van der Waals surface area contributed by atoms with Crippen LogP contribution >= 0.6 is 0 Å². The predicted molar refractivity (Wildman–Crippen MR) is 309 cm³/mol. The number of anilines is 2. The molecule has 0 aliphatic carbocycles. The van der Waals surface area contributed by atoms with Gasteiger partial charge in [-0.2, -0.15) is 40.3 Å². The van der Waals surface area contributed by atoms with Crippen molar-refractivity contribution >= 4 is 85.4 Å². The molecule has 0 amide bonds. The van der Waals surface area contributed by atoms with Crippen LogP contribution in [0.1, 0.15) is 25.0 Å². The quantitative estimate of drug-likeness (QED) is 0.0721. The van der Waals surface area contributed by atoms with E-state index in [1.54, 1.807) is 15.6 Å². The highest BCUT2D eigenvalue weighted by molar-refractivity contribution is 6.76. The smallest absolute Gasteiger partial charge is 0.281 e. The number of aryl methyl sites for hydroxylation is 2. The van der Waals surface area contributed by atoms with Gasteiger partial charge in [0.1, 0.15) is 52.6 Å². The van der Waals surface area contributed by atoms with E-state index in [4.69, 9.17) is 19.8 Å². The maximum atomic E-state index is 14.3. The van der Waals surface area contributed by atoms with Crippen molar-refractivity contribution in [3.05, 3.63) is 154 Å². The van der Waals surface area contributed by atoms with Crippen LogP contribution < -0.4 is 21.8 Å². The van der Waals surface area contributed by atoms with Crippen molar-refractivity contribution in [3.8, 4) is 45.8 Å². The summed E-state index contributed by atoms with van der Waals surface area (Å²) >= 11 is 0. The van der Waals surface area contributed by atoms with Crippen molar-refractivity contribution in [2.75, 3.05) is 30.3 Å². The Bertz CT molecular complexity index is 4540. The second-order valence-electron chi connectivity index (χ2n) is 20.2. The zero-order valence-electron chi connectivity index (χ0n) is 44.1. The summed E-state index contributed by atoms with van der Waals surface area (Å²) in [4.78, 5) is 40.9. The van der Waals surface area contributed by atoms with Crippen molar-refractivity contribution in [2.24, 2.45) is 14.1 Å². The average molecular weight is 1050 g/mol. The summed E-state index contributed by atoms with van der Waals surface area (Å²) in [7, 11) is 2.51. The molecule has 3 N–H and O–H groups in total. The number of rotatable bonds is 13. The highest BCUT2D eigenvalue weighted by Gasteiger charge is 2.22. The number of pyridine rings is 2. The highest BCUT2D eigenvalue weighted by atomic mass is 28.3. The molecule has 78 heavy (non-hydrogen) atoms. The molecule has 0 aliphatic rings. The first-order valence-corrected chi connectivity index (χ1v) is 29.3. The molecule has 20 heteroatoms. The van der Waals surface area contributed by atoms with Crippen molar-refractivity contribution < 1.29 is 4.74 Å². The van der Waals surface area contributed by atoms with E-state index in [9.17, 15) is 20.1 Å². The van der Waals surface area contributed by atoms with Gasteiger partial charge in [-0.15, -0.1) is 0 Å². The first-order chi connectivity index (χ1) is 37.7. The number of nitrogens with one attached hydrogen (secondary N) is 3. The number of ether oxygens (including phenoxy) is 1. The minimum Gasteiger partial charge on any atom is -0.370 e. The van der Waals surface area contributed by atoms with Crippen LogP contribution in [0.15, 0.2) is 131 Å². The fourth-order valence-electron chi connectivity index (χ4n) is 9.68. The Balaban J connectivity index is 0.000000169. The van der Waals surface area contributed by atoms with E-state index in [0.717, 1.165) is 49.7 Å². The van der Waals surface area contributed by atoms with Gasteiger partial charge < -0.3 is 24.9 Å². The molecule has 4 aromatic carbocycles. The lowest BCUT2D eigenvalue weighted by atomic mass is 10.0. The van der Waals surface area contributed by atoms with Crippen molar-refractivity contribution in [3.63, 3.8) is 0 Å². The number of hydrogen-bond acceptors (Lipinski definition) is 13. The van der Waals surface area contributed by atoms with Crippen molar-refractivity contribution in [1.29, 1.82) is 10.5 Å². The normalized spacial score (nSPS) is 11.7. The first-order valence-electron chi connectivity index (χ1n) is 25.6. The average Bonchev–Trinajstić information content (AvgIpc) is 4.34. The van der Waals surface area contributed by atoms with Gasteiger partial charge in [0.05, 0.1) is 50.2 Å². The van der Waals surface area contributed by atoms with E-state index in [-0.39, 0.29) is 11.1 Å². The van der Waals surface area contributed by atoms with Gasteiger partial charge in [0.25, 0.3) is 11.1 Å². The SMILES string of the molecule is CCNc1ccc2nn(-c3ccc4nn(C)cc4c3)c(=O)c(-c3ccc4[nH]cc(C#N)c4c3)c2n1.CCNc1ccc2nn(-c3ccc4nn(C)cc4c3)c(=O)c(-c3ccc4c(c3)c(C#N)cn4COCC[Si](C)(C)C)c2n1. The summed E-state index contributed by atoms with van der Waals surface area (Å²) in [5.41, 5.74) is 9.41. The fourth-order valence-corrected chi connectivity index (χ4v) is 10.4. The molecule has 0 aliphatic heterocycles. The molecule has 12 aromatic rings. The number of benzene rings is 4. The van der Waals surface area contributed by atoms with Gasteiger partial charge in [-0.25, -0.2) is 9.97 Å². The summed E-state index contributed by atoms with van der Waals surface area (Å²) in [5.74, 6) is 1.32. The molecule has 8 aromatic heterocycles. The third-order valence-electron chi connectivity index (χ3n) is 13.5. The lowest BCUT2D eigenvalue weighted by Crippen LogP contribution is -2.23. The van der Waals surface area contributed by atoms with Crippen molar-refractivity contribution in [1.82, 2.24) is 58.6 Å². The largest absolute Gasteiger partial charge is 0.370 e. The number of nitrogens with zero attached hydrogens (tertiary/aromatic N) is 13. The number of aromatic nitrogens is 12. The standard InChI is InChI=1S/C32H34N8O2Si.C26H20N8O/c1-6-34-29-12-10-27-31(35-29)30(32(41)40(37-27)24-8-9-26-22(15-24)18-38(2)36-26)21-7-11-28-25(16-21)23(17-33)19-39(28)20-42-13-14-43(3,4)5;1-3-28-23-9-8-22-25(30-23)24(15-4-6-21-19(11-15)17(12-27)13-29-21)26(35)34(32-22)18-5-7-20-16(10-18)14-33(2)31-20/h7-12,15-16,18-19H,6,13-14,20H2,1-5H3,(H,34,35);4-11,13-14,29H,3H2,1-2H3,(H,28,30). The third kappa shape index (κ3) is 9.61. The Labute approximate surface area is 447 Å². The molecule has 0 atom stereocenters. The van der Waals surface area contributed by atoms with Gasteiger partial charge in [0.15, 0.2) is 0 Å². The monoisotopic (exact) mass is 1050 g/mol. The van der Waals surface area contributed by atoms with Crippen LogP contribution in [-0.2, 0) is 25.6 Å². The van der Waals surface area contributed by atoms with Gasteiger partial charge in [-0.05, 0) is 116 Å². The van der Waals surface area contributed by atoms with Gasteiger partial charge in [0.2, 0.25) is 0 Å². The van der Waals surface area contributed by atoms with Crippen LogP contribution in [0.4, 0.5) is 11.6 Å². The number of nitriles is 2. The van der Waals surface area contributed by atoms with Crippen LogP contribution in [0.5, 0.6) is 0 Å². The minimum atomic E-state index is -1.21. The van der Waals surface area contributed by atoms with Crippen LogP contribution in [0.25, 0.3) is 99.3 Å². The molecule has 0 bridgehead atoms. The first kappa shape index (κ1) is 50.4.